The standard InChI is InChI=1S/C12H15N3O3S/c1-5(2)8-4-7-10(19-8)14-12(18)15(11(7)17)6(3)9(13)16/h4-6H,1-3H3,(H2,13,16)(H,14,18). The van der Waals surface area contributed by atoms with Gasteiger partial charge in [0.2, 0.25) is 5.91 Å². The lowest BCUT2D eigenvalue weighted by Gasteiger charge is -2.09. The van der Waals surface area contributed by atoms with Crippen LogP contribution in [0.3, 0.4) is 0 Å². The summed E-state index contributed by atoms with van der Waals surface area (Å²) in [6.45, 7) is 5.45. The summed E-state index contributed by atoms with van der Waals surface area (Å²) in [6.07, 6.45) is 0. The fourth-order valence-electron chi connectivity index (χ4n) is 1.80. The molecule has 7 heteroatoms. The minimum atomic E-state index is -0.969. The van der Waals surface area contributed by atoms with Gasteiger partial charge in [0.15, 0.2) is 0 Å². The molecular formula is C12H15N3O3S. The molecule has 2 rings (SSSR count). The summed E-state index contributed by atoms with van der Waals surface area (Å²) >= 11 is 1.38. The van der Waals surface area contributed by atoms with Crippen LogP contribution in [0.25, 0.3) is 10.2 Å². The number of nitrogens with zero attached hydrogens (tertiary/aromatic N) is 1. The smallest absolute Gasteiger partial charge is 0.330 e. The molecule has 0 saturated carbocycles. The zero-order chi connectivity index (χ0) is 14.3. The third kappa shape index (κ3) is 2.21. The summed E-state index contributed by atoms with van der Waals surface area (Å²) in [6, 6.07) is 0.788. The SMILES string of the molecule is CC(C)c1cc2c(=O)n(C(C)C(N)=O)c(=O)[nH]c2s1. The Morgan fingerprint density at radius 1 is 1.37 bits per heavy atom. The Morgan fingerprint density at radius 3 is 2.53 bits per heavy atom. The highest BCUT2D eigenvalue weighted by molar-refractivity contribution is 7.18. The van der Waals surface area contributed by atoms with Crippen molar-refractivity contribution in [2.45, 2.75) is 32.7 Å². The van der Waals surface area contributed by atoms with Crippen LogP contribution in [0, 0.1) is 0 Å². The second-order valence-electron chi connectivity index (χ2n) is 4.73. The van der Waals surface area contributed by atoms with E-state index in [2.05, 4.69) is 4.98 Å². The van der Waals surface area contributed by atoms with Crippen molar-refractivity contribution in [2.24, 2.45) is 5.73 Å². The molecule has 0 fully saturated rings. The summed E-state index contributed by atoms with van der Waals surface area (Å²) < 4.78 is 0.863. The fraction of sp³-hybridized carbons (Fsp3) is 0.417. The van der Waals surface area contributed by atoms with Crippen molar-refractivity contribution in [1.29, 1.82) is 0 Å². The molecule has 1 atom stereocenters. The molecule has 0 aliphatic heterocycles. The first-order valence-corrected chi connectivity index (χ1v) is 6.72. The quantitative estimate of drug-likeness (QED) is 0.875. The number of aromatic nitrogens is 2. The van der Waals surface area contributed by atoms with Crippen LogP contribution in [0.2, 0.25) is 0 Å². The van der Waals surface area contributed by atoms with Gasteiger partial charge in [-0.05, 0) is 18.9 Å². The number of hydrogen-bond acceptors (Lipinski definition) is 4. The van der Waals surface area contributed by atoms with Crippen LogP contribution in [0.1, 0.15) is 37.6 Å². The Hall–Kier alpha value is -1.89. The first-order valence-electron chi connectivity index (χ1n) is 5.90. The average molecular weight is 281 g/mol. The third-order valence-electron chi connectivity index (χ3n) is 3.01. The van der Waals surface area contributed by atoms with Crippen molar-refractivity contribution in [3.63, 3.8) is 0 Å². The Bertz CT molecular complexity index is 754. The number of rotatable bonds is 3. The van der Waals surface area contributed by atoms with Crippen LogP contribution in [-0.4, -0.2) is 15.5 Å². The summed E-state index contributed by atoms with van der Waals surface area (Å²) in [7, 11) is 0. The van der Waals surface area contributed by atoms with E-state index in [4.69, 9.17) is 5.73 Å². The van der Waals surface area contributed by atoms with Crippen molar-refractivity contribution >= 4 is 27.5 Å². The van der Waals surface area contributed by atoms with Crippen LogP contribution < -0.4 is 17.0 Å². The molecule has 19 heavy (non-hydrogen) atoms. The van der Waals surface area contributed by atoms with E-state index in [0.29, 0.717) is 10.2 Å². The highest BCUT2D eigenvalue weighted by Crippen LogP contribution is 2.26. The van der Waals surface area contributed by atoms with Crippen LogP contribution >= 0.6 is 11.3 Å². The highest BCUT2D eigenvalue weighted by Gasteiger charge is 2.19. The Balaban J connectivity index is 2.78. The van der Waals surface area contributed by atoms with Gasteiger partial charge in [-0.3, -0.25) is 14.6 Å². The van der Waals surface area contributed by atoms with E-state index in [9.17, 15) is 14.4 Å². The molecule has 2 aromatic heterocycles. The molecular weight excluding hydrogens is 266 g/mol. The number of carbonyl (C=O) groups excluding carboxylic acids is 1. The Kier molecular flexibility index (Phi) is 3.32. The number of nitrogens with two attached hydrogens (primary N) is 1. The number of thiophene rings is 1. The van der Waals surface area contributed by atoms with Gasteiger partial charge >= 0.3 is 5.69 Å². The summed E-state index contributed by atoms with van der Waals surface area (Å²) in [5.41, 5.74) is 4.07. The molecule has 1 amide bonds. The second kappa shape index (κ2) is 4.65. The predicted molar refractivity (Wildman–Crippen MR) is 74.7 cm³/mol. The van der Waals surface area contributed by atoms with Gasteiger partial charge in [-0.1, -0.05) is 13.8 Å². The molecule has 102 valence electrons. The zero-order valence-electron chi connectivity index (χ0n) is 10.9. The molecule has 0 saturated heterocycles. The Morgan fingerprint density at radius 2 is 2.00 bits per heavy atom. The molecule has 2 heterocycles. The van der Waals surface area contributed by atoms with Crippen LogP contribution in [-0.2, 0) is 4.79 Å². The summed E-state index contributed by atoms with van der Waals surface area (Å²) in [5.74, 6) is -0.450. The van der Waals surface area contributed by atoms with Gasteiger partial charge in [0.05, 0.1) is 5.39 Å². The summed E-state index contributed by atoms with van der Waals surface area (Å²) in [5, 5.41) is 0.418. The number of fused-ring (bicyclic) bond motifs is 1. The molecule has 0 aliphatic rings. The number of H-pyrrole nitrogens is 1. The number of nitrogens with one attached hydrogen (secondary N) is 1. The highest BCUT2D eigenvalue weighted by atomic mass is 32.1. The zero-order valence-corrected chi connectivity index (χ0v) is 11.7. The van der Waals surface area contributed by atoms with Crippen LogP contribution in [0.15, 0.2) is 15.7 Å². The molecule has 0 radical (unpaired) electrons. The van der Waals surface area contributed by atoms with E-state index in [-0.39, 0.29) is 5.92 Å². The number of hydrogen-bond donors (Lipinski definition) is 2. The maximum atomic E-state index is 12.3. The number of carbonyl (C=O) groups is 1. The van der Waals surface area contributed by atoms with Gasteiger partial charge in [-0.25, -0.2) is 9.36 Å². The molecule has 0 aromatic carbocycles. The molecule has 0 aliphatic carbocycles. The lowest BCUT2D eigenvalue weighted by Crippen LogP contribution is -2.41. The molecule has 6 nitrogen and oxygen atoms in total. The maximum Gasteiger partial charge on any atom is 0.330 e. The maximum absolute atomic E-state index is 12.3. The predicted octanol–water partition coefficient (Wildman–Crippen LogP) is 0.921. The fourth-order valence-corrected chi connectivity index (χ4v) is 2.85. The van der Waals surface area contributed by atoms with Crippen LogP contribution in [0.4, 0.5) is 0 Å². The number of amides is 1. The topological polar surface area (TPSA) is 97.9 Å². The van der Waals surface area contributed by atoms with E-state index in [1.807, 2.05) is 13.8 Å². The minimum Gasteiger partial charge on any atom is -0.368 e. The molecule has 0 spiro atoms. The van der Waals surface area contributed by atoms with E-state index in [1.165, 1.54) is 18.3 Å². The van der Waals surface area contributed by atoms with E-state index in [1.54, 1.807) is 6.07 Å². The average Bonchev–Trinajstić information content (AvgIpc) is 2.72. The molecule has 1 unspecified atom stereocenters. The second-order valence-corrected chi connectivity index (χ2v) is 5.81. The van der Waals surface area contributed by atoms with Gasteiger partial charge in [0.1, 0.15) is 10.9 Å². The molecule has 0 bridgehead atoms. The number of primary amides is 1. The summed E-state index contributed by atoms with van der Waals surface area (Å²) in [4.78, 5) is 39.5. The van der Waals surface area contributed by atoms with Crippen molar-refractivity contribution < 1.29 is 4.79 Å². The monoisotopic (exact) mass is 281 g/mol. The molecule has 3 N–H and O–H groups in total. The lowest BCUT2D eigenvalue weighted by atomic mass is 10.2. The molecule has 2 aromatic rings. The van der Waals surface area contributed by atoms with E-state index in [0.717, 1.165) is 9.44 Å². The first kappa shape index (κ1) is 13.5. The van der Waals surface area contributed by atoms with Crippen molar-refractivity contribution in [3.8, 4) is 0 Å². The van der Waals surface area contributed by atoms with Crippen molar-refractivity contribution in [2.75, 3.05) is 0 Å². The number of aromatic amines is 1. The van der Waals surface area contributed by atoms with Crippen molar-refractivity contribution in [3.05, 3.63) is 31.8 Å². The largest absolute Gasteiger partial charge is 0.368 e. The van der Waals surface area contributed by atoms with Crippen molar-refractivity contribution in [1.82, 2.24) is 9.55 Å². The van der Waals surface area contributed by atoms with E-state index >= 15 is 0 Å². The normalized spacial score (nSPS) is 13.1. The minimum absolute atomic E-state index is 0.266. The van der Waals surface area contributed by atoms with Gasteiger partial charge in [0, 0.05) is 4.88 Å². The van der Waals surface area contributed by atoms with Gasteiger partial charge < -0.3 is 5.73 Å². The van der Waals surface area contributed by atoms with Gasteiger partial charge in [-0.2, -0.15) is 0 Å². The first-order chi connectivity index (χ1) is 8.82. The van der Waals surface area contributed by atoms with Crippen LogP contribution in [0.5, 0.6) is 0 Å². The third-order valence-corrected chi connectivity index (χ3v) is 4.36. The van der Waals surface area contributed by atoms with E-state index < -0.39 is 23.2 Å². The van der Waals surface area contributed by atoms with Gasteiger partial charge in [-0.15, -0.1) is 11.3 Å². The lowest BCUT2D eigenvalue weighted by molar-refractivity contribution is -0.120. The van der Waals surface area contributed by atoms with Gasteiger partial charge in [0.25, 0.3) is 5.56 Å². The Labute approximate surface area is 112 Å².